The Kier molecular flexibility index (Phi) is 9.44. The number of aromatic nitrogens is 2. The second-order valence-electron chi connectivity index (χ2n) is 8.76. The summed E-state index contributed by atoms with van der Waals surface area (Å²) in [5.74, 6) is 0.903. The third kappa shape index (κ3) is 6.36. The van der Waals surface area contributed by atoms with Crippen LogP contribution in [0.15, 0.2) is 53.9 Å². The zero-order valence-electron chi connectivity index (χ0n) is 21.1. The van der Waals surface area contributed by atoms with Crippen LogP contribution in [-0.2, 0) is 30.1 Å². The molecule has 0 saturated carbocycles. The van der Waals surface area contributed by atoms with Gasteiger partial charge in [-0.3, -0.25) is 19.5 Å². The van der Waals surface area contributed by atoms with Gasteiger partial charge in [0.05, 0.1) is 34.7 Å². The Hall–Kier alpha value is -2.77. The standard InChI is InChI=1S/C25H28Cl2N4O6S2/c1-28-23-16-18(2-7-22(23)30(28)13-14-32)17-24(21-8-15-38-25(21)31(33)34)39(35,36)37-20-5-3-19(4-6-20)29(11-9-26)12-10-27/h2-8,15-16,24,32H,9-14,17H2,1H3. The van der Waals surface area contributed by atoms with Crippen molar-refractivity contribution in [3.05, 3.63) is 75.2 Å². The second-order valence-corrected chi connectivity index (χ2v) is 12.1. The summed E-state index contributed by atoms with van der Waals surface area (Å²) in [6, 6.07) is 13.5. The Balaban J connectivity index is 1.65. The Labute approximate surface area is 240 Å². The number of aliphatic hydroxyl groups is 1. The highest BCUT2D eigenvalue weighted by Gasteiger charge is 2.36. The summed E-state index contributed by atoms with van der Waals surface area (Å²) in [7, 11) is -2.51. The highest BCUT2D eigenvalue weighted by Crippen LogP contribution is 2.39. The number of aryl methyl sites for hydroxylation is 1. The van der Waals surface area contributed by atoms with Gasteiger partial charge in [0.2, 0.25) is 0 Å². The number of anilines is 1. The number of nitro groups is 1. The fourth-order valence-electron chi connectivity index (χ4n) is 4.55. The zero-order valence-corrected chi connectivity index (χ0v) is 24.2. The van der Waals surface area contributed by atoms with Crippen LogP contribution >= 0.6 is 34.5 Å². The van der Waals surface area contributed by atoms with E-state index in [-0.39, 0.29) is 29.3 Å². The molecule has 210 valence electrons. The third-order valence-electron chi connectivity index (χ3n) is 6.42. The normalized spacial score (nSPS) is 12.6. The molecule has 0 radical (unpaired) electrons. The molecule has 4 aromatic rings. The molecule has 2 aromatic carbocycles. The van der Waals surface area contributed by atoms with Gasteiger partial charge in [0.1, 0.15) is 11.0 Å². The maximum Gasteiger partial charge on any atom is 0.328 e. The van der Waals surface area contributed by atoms with E-state index >= 15 is 0 Å². The van der Waals surface area contributed by atoms with Crippen molar-refractivity contribution in [3.63, 3.8) is 0 Å². The number of hydrogen-bond donors (Lipinski definition) is 1. The van der Waals surface area contributed by atoms with E-state index in [2.05, 4.69) is 0 Å². The summed E-state index contributed by atoms with van der Waals surface area (Å²) >= 11 is 12.6. The Morgan fingerprint density at radius 2 is 1.79 bits per heavy atom. The van der Waals surface area contributed by atoms with Crippen LogP contribution in [-0.4, -0.2) is 59.3 Å². The number of thiophene rings is 1. The van der Waals surface area contributed by atoms with E-state index in [1.807, 2.05) is 33.4 Å². The number of benzene rings is 2. The van der Waals surface area contributed by atoms with E-state index in [1.165, 1.54) is 23.6 Å². The van der Waals surface area contributed by atoms with Gasteiger partial charge in [-0.15, -0.1) is 23.2 Å². The molecule has 1 unspecified atom stereocenters. The maximum atomic E-state index is 13.6. The Bertz CT molecular complexity index is 1530. The van der Waals surface area contributed by atoms with Gasteiger partial charge >= 0.3 is 15.1 Å². The van der Waals surface area contributed by atoms with Crippen molar-refractivity contribution >= 4 is 66.4 Å². The lowest BCUT2D eigenvalue weighted by Gasteiger charge is -2.24. The lowest BCUT2D eigenvalue weighted by atomic mass is 10.0. The number of halogens is 2. The average Bonchev–Trinajstić information content (AvgIpc) is 3.40. The molecule has 1 atom stereocenters. The summed E-state index contributed by atoms with van der Waals surface area (Å²) in [6.45, 7) is 1.57. The van der Waals surface area contributed by atoms with E-state index in [0.717, 1.165) is 28.1 Å². The molecule has 0 aliphatic carbocycles. The molecule has 0 aliphatic rings. The van der Waals surface area contributed by atoms with Gasteiger partial charge in [0.25, 0.3) is 0 Å². The highest BCUT2D eigenvalue weighted by atomic mass is 35.5. The molecule has 0 amide bonds. The first-order valence-corrected chi connectivity index (χ1v) is 15.5. The van der Waals surface area contributed by atoms with Gasteiger partial charge in [-0.25, -0.2) is 0 Å². The first-order chi connectivity index (χ1) is 18.7. The van der Waals surface area contributed by atoms with Crippen LogP contribution in [0, 0.1) is 10.1 Å². The first-order valence-electron chi connectivity index (χ1n) is 12.1. The van der Waals surface area contributed by atoms with Crippen molar-refractivity contribution in [1.29, 1.82) is 0 Å². The first kappa shape index (κ1) is 29.2. The van der Waals surface area contributed by atoms with Crippen LogP contribution in [0.5, 0.6) is 5.75 Å². The van der Waals surface area contributed by atoms with Crippen molar-refractivity contribution in [1.82, 2.24) is 9.36 Å². The van der Waals surface area contributed by atoms with Gasteiger partial charge in [0.15, 0.2) is 0 Å². The number of alkyl halides is 2. The van der Waals surface area contributed by atoms with E-state index < -0.39 is 20.3 Å². The van der Waals surface area contributed by atoms with Crippen LogP contribution in [0.2, 0.25) is 0 Å². The number of rotatable bonds is 14. The number of hydrogen-bond acceptors (Lipinski definition) is 8. The number of aliphatic hydroxyl groups excluding tert-OH is 1. The van der Waals surface area contributed by atoms with E-state index in [1.54, 1.807) is 18.2 Å². The van der Waals surface area contributed by atoms with Gasteiger partial charge < -0.3 is 14.2 Å². The molecule has 0 aliphatic heterocycles. The number of fused-ring (bicyclic) bond motifs is 1. The smallest absolute Gasteiger partial charge is 0.328 e. The minimum atomic E-state index is -4.35. The zero-order chi connectivity index (χ0) is 28.2. The Morgan fingerprint density at radius 3 is 2.41 bits per heavy atom. The van der Waals surface area contributed by atoms with Gasteiger partial charge in [-0.05, 0) is 59.8 Å². The monoisotopic (exact) mass is 614 g/mol. The summed E-state index contributed by atoms with van der Waals surface area (Å²) in [4.78, 5) is 13.1. The quantitative estimate of drug-likeness (QED) is 0.0926. The van der Waals surface area contributed by atoms with Crippen LogP contribution in [0.4, 0.5) is 10.7 Å². The largest absolute Gasteiger partial charge is 0.394 e. The molecule has 0 fully saturated rings. The molecule has 0 bridgehead atoms. The SMILES string of the molecule is Cn1c2cc(CC(c3ccsc3[N+](=O)[O-])S(=O)(=O)Oc3ccc(N(CCCl)CCCl)cc3)ccc2n1CCO. The van der Waals surface area contributed by atoms with Crippen LogP contribution < -0.4 is 9.08 Å². The molecule has 0 spiro atoms. The Morgan fingerprint density at radius 1 is 1.10 bits per heavy atom. The van der Waals surface area contributed by atoms with Gasteiger partial charge in [0, 0.05) is 37.6 Å². The fraction of sp³-hybridized carbons (Fsp3) is 0.360. The minimum Gasteiger partial charge on any atom is -0.394 e. The van der Waals surface area contributed by atoms with E-state index in [4.69, 9.17) is 27.4 Å². The molecule has 2 aromatic heterocycles. The summed E-state index contributed by atoms with van der Waals surface area (Å²) in [5.41, 5.74) is 3.34. The predicted octanol–water partition coefficient (Wildman–Crippen LogP) is 4.92. The predicted molar refractivity (Wildman–Crippen MR) is 155 cm³/mol. The van der Waals surface area contributed by atoms with Crippen molar-refractivity contribution < 1.29 is 22.6 Å². The fourth-order valence-corrected chi connectivity index (χ4v) is 7.20. The molecule has 2 heterocycles. The summed E-state index contributed by atoms with van der Waals surface area (Å²) in [5, 5.41) is 20.9. The maximum absolute atomic E-state index is 13.6. The second kappa shape index (κ2) is 12.6. The topological polar surface area (TPSA) is 120 Å². The molecular weight excluding hydrogens is 587 g/mol. The van der Waals surface area contributed by atoms with Crippen molar-refractivity contribution in [2.24, 2.45) is 7.05 Å². The lowest BCUT2D eigenvalue weighted by molar-refractivity contribution is -0.380. The van der Waals surface area contributed by atoms with Gasteiger partial charge in [-0.1, -0.05) is 17.4 Å². The van der Waals surface area contributed by atoms with Crippen molar-refractivity contribution in [3.8, 4) is 5.75 Å². The third-order valence-corrected chi connectivity index (χ3v) is 9.18. The van der Waals surface area contributed by atoms with Crippen LogP contribution in [0.1, 0.15) is 16.4 Å². The molecular formula is C25H28Cl2N4O6S2. The number of nitrogens with zero attached hydrogens (tertiary/aromatic N) is 4. The van der Waals surface area contributed by atoms with E-state index in [9.17, 15) is 23.6 Å². The van der Waals surface area contributed by atoms with Crippen LogP contribution in [0.3, 0.4) is 0 Å². The molecule has 39 heavy (non-hydrogen) atoms. The van der Waals surface area contributed by atoms with Crippen molar-refractivity contribution in [2.45, 2.75) is 18.2 Å². The molecule has 4 rings (SSSR count). The summed E-state index contributed by atoms with van der Waals surface area (Å²) < 4.78 is 36.6. The lowest BCUT2D eigenvalue weighted by Crippen LogP contribution is -2.27. The highest BCUT2D eigenvalue weighted by molar-refractivity contribution is 7.87. The van der Waals surface area contributed by atoms with Gasteiger partial charge in [-0.2, -0.15) is 8.42 Å². The molecule has 10 nitrogen and oxygen atoms in total. The minimum absolute atomic E-state index is 0.0105. The molecule has 0 saturated heterocycles. The summed E-state index contributed by atoms with van der Waals surface area (Å²) in [6.07, 6.45) is -0.0294. The molecule has 14 heteroatoms. The van der Waals surface area contributed by atoms with Crippen LogP contribution in [0.25, 0.3) is 11.0 Å². The van der Waals surface area contributed by atoms with Crippen molar-refractivity contribution in [2.75, 3.05) is 36.4 Å². The van der Waals surface area contributed by atoms with E-state index in [0.29, 0.717) is 37.0 Å². The molecule has 1 N–H and O–H groups in total. The average molecular weight is 616 g/mol.